The zero-order chi connectivity index (χ0) is 23.9. The Morgan fingerprint density at radius 1 is 1.23 bits per heavy atom. The molecule has 1 aromatic carbocycles. The van der Waals surface area contributed by atoms with Crippen LogP contribution >= 0.6 is 23.2 Å². The number of nitrogen functional groups attached to an aromatic ring is 1. The van der Waals surface area contributed by atoms with Gasteiger partial charge in [-0.05, 0) is 19.1 Å². The van der Waals surface area contributed by atoms with Crippen molar-refractivity contribution in [3.05, 3.63) is 39.0 Å². The fourth-order valence-corrected chi connectivity index (χ4v) is 3.89. The highest BCUT2D eigenvalue weighted by Gasteiger charge is 2.47. The Morgan fingerprint density at radius 3 is 2.13 bits per heavy atom. The van der Waals surface area contributed by atoms with Crippen molar-refractivity contribution in [2.45, 2.75) is 25.3 Å². The first-order valence-electron chi connectivity index (χ1n) is 7.95. The number of halogens is 8. The zero-order valence-corrected chi connectivity index (χ0v) is 17.4. The van der Waals surface area contributed by atoms with Gasteiger partial charge in [0.2, 0.25) is 10.0 Å². The third-order valence-electron chi connectivity index (χ3n) is 3.91. The second-order valence-corrected chi connectivity index (χ2v) is 8.81. The van der Waals surface area contributed by atoms with Crippen LogP contribution in [-0.4, -0.2) is 30.1 Å². The molecule has 0 aliphatic carbocycles. The Labute approximate surface area is 181 Å². The Bertz CT molecular complexity index is 1130. The van der Waals surface area contributed by atoms with Gasteiger partial charge in [-0.25, -0.2) is 13.1 Å². The van der Waals surface area contributed by atoms with Crippen LogP contribution in [0.25, 0.3) is 5.69 Å². The number of alkyl halides is 6. The van der Waals surface area contributed by atoms with Gasteiger partial charge in [0.25, 0.3) is 0 Å². The van der Waals surface area contributed by atoms with E-state index in [2.05, 4.69) is 5.10 Å². The van der Waals surface area contributed by atoms with Crippen molar-refractivity contribution in [3.8, 4) is 11.8 Å². The molecule has 2 rings (SSSR count). The minimum atomic E-state index is -5.25. The molecule has 0 saturated carbocycles. The Morgan fingerprint density at radius 2 is 1.74 bits per heavy atom. The number of nitrogens with two attached hydrogens (primary N) is 1. The lowest BCUT2D eigenvalue weighted by molar-refractivity contribution is -0.153. The second kappa shape index (κ2) is 8.38. The van der Waals surface area contributed by atoms with E-state index < -0.39 is 72.5 Å². The maximum absolute atomic E-state index is 13.6. The maximum Gasteiger partial charge on any atom is 0.416 e. The van der Waals surface area contributed by atoms with Crippen molar-refractivity contribution >= 4 is 39.0 Å². The first kappa shape index (κ1) is 25.1. The minimum Gasteiger partial charge on any atom is -0.383 e. The molecule has 0 spiro atoms. The van der Waals surface area contributed by atoms with Gasteiger partial charge < -0.3 is 5.73 Å². The van der Waals surface area contributed by atoms with Gasteiger partial charge >= 0.3 is 12.4 Å². The fraction of sp³-hybridized carbons (Fsp3) is 0.333. The first-order valence-corrected chi connectivity index (χ1v) is 10.4. The van der Waals surface area contributed by atoms with Crippen LogP contribution in [0.1, 0.15) is 29.8 Å². The van der Waals surface area contributed by atoms with E-state index in [-0.39, 0.29) is 0 Å². The summed E-state index contributed by atoms with van der Waals surface area (Å²) in [4.78, 5) is 0. The number of aromatic nitrogens is 2. The number of benzene rings is 1. The summed E-state index contributed by atoms with van der Waals surface area (Å²) < 4.78 is 105. The molecule has 1 unspecified atom stereocenters. The highest BCUT2D eigenvalue weighted by atomic mass is 35.5. The highest BCUT2D eigenvalue weighted by molar-refractivity contribution is 7.89. The smallest absolute Gasteiger partial charge is 0.383 e. The molecule has 0 aliphatic rings. The summed E-state index contributed by atoms with van der Waals surface area (Å²) in [5.41, 5.74) is 1.93. The van der Waals surface area contributed by atoms with Gasteiger partial charge in [0.05, 0.1) is 26.9 Å². The number of nitrogens with zero attached hydrogens (tertiary/aromatic N) is 3. The zero-order valence-electron chi connectivity index (χ0n) is 15.1. The molecule has 31 heavy (non-hydrogen) atoms. The van der Waals surface area contributed by atoms with Gasteiger partial charge in [-0.2, -0.15) is 41.4 Å². The predicted molar refractivity (Wildman–Crippen MR) is 99.1 cm³/mol. The third-order valence-corrected chi connectivity index (χ3v) is 5.85. The number of hydrogen-bond donors (Lipinski definition) is 2. The Hall–Kier alpha value is -2.21. The Kier molecular flexibility index (Phi) is 6.77. The highest BCUT2D eigenvalue weighted by Crippen LogP contribution is 2.42. The number of anilines is 1. The molecule has 0 saturated heterocycles. The van der Waals surface area contributed by atoms with Crippen molar-refractivity contribution in [2.75, 3.05) is 11.5 Å². The van der Waals surface area contributed by atoms with E-state index in [1.54, 1.807) is 0 Å². The molecule has 0 bridgehead atoms. The average molecular weight is 510 g/mol. The van der Waals surface area contributed by atoms with Gasteiger partial charge in [-0.1, -0.05) is 23.2 Å². The predicted octanol–water partition coefficient (Wildman–Crippen LogP) is 4.19. The molecule has 7 nitrogen and oxygen atoms in total. The Balaban J connectivity index is 2.78. The third kappa shape index (κ3) is 5.17. The molecular formula is C15H11Cl2F6N5O2S. The standard InChI is InChI=1S/C15H11Cl2F6N5O2S/c1-2-31(29,30)27-12(15(21,22)23)10-9(5-24)26-28(13(10)25)11-7(16)3-6(4-8(11)17)14(18,19)20/h3-4,12,27H,2,25H2,1H3. The lowest BCUT2D eigenvalue weighted by Crippen LogP contribution is -2.39. The van der Waals surface area contributed by atoms with E-state index in [1.807, 2.05) is 0 Å². The molecule has 1 heterocycles. The van der Waals surface area contributed by atoms with Crippen LogP contribution in [-0.2, 0) is 16.2 Å². The number of nitriles is 1. The molecule has 16 heteroatoms. The molecular weight excluding hydrogens is 499 g/mol. The van der Waals surface area contributed by atoms with E-state index in [0.29, 0.717) is 16.8 Å². The number of nitrogens with one attached hydrogen (secondary N) is 1. The normalized spacial score (nSPS) is 13.8. The summed E-state index contributed by atoms with van der Waals surface area (Å²) in [5.74, 6) is -1.62. The minimum absolute atomic E-state index is 0.441. The topological polar surface area (TPSA) is 114 Å². The second-order valence-electron chi connectivity index (χ2n) is 5.95. The van der Waals surface area contributed by atoms with Crippen molar-refractivity contribution in [2.24, 2.45) is 0 Å². The molecule has 170 valence electrons. The van der Waals surface area contributed by atoms with Gasteiger partial charge in [-0.3, -0.25) is 0 Å². The molecule has 3 N–H and O–H groups in total. The average Bonchev–Trinajstić information content (AvgIpc) is 2.93. The summed E-state index contributed by atoms with van der Waals surface area (Å²) in [6.07, 6.45) is -10.1. The summed E-state index contributed by atoms with van der Waals surface area (Å²) in [6, 6.07) is -0.738. The van der Waals surface area contributed by atoms with Gasteiger partial charge in [0.1, 0.15) is 23.6 Å². The molecule has 0 fully saturated rings. The van der Waals surface area contributed by atoms with Crippen LogP contribution in [0.15, 0.2) is 12.1 Å². The number of sulfonamides is 1. The van der Waals surface area contributed by atoms with Crippen molar-refractivity contribution in [1.29, 1.82) is 5.26 Å². The van der Waals surface area contributed by atoms with Gasteiger partial charge in [0, 0.05) is 0 Å². The van der Waals surface area contributed by atoms with Crippen LogP contribution in [0.3, 0.4) is 0 Å². The molecule has 1 atom stereocenters. The lowest BCUT2D eigenvalue weighted by Gasteiger charge is -2.21. The molecule has 1 aromatic heterocycles. The lowest BCUT2D eigenvalue weighted by atomic mass is 10.1. The van der Waals surface area contributed by atoms with E-state index in [0.717, 1.165) is 6.92 Å². The summed E-state index contributed by atoms with van der Waals surface area (Å²) >= 11 is 11.7. The molecule has 0 radical (unpaired) electrons. The van der Waals surface area contributed by atoms with E-state index in [1.165, 1.54) is 10.8 Å². The van der Waals surface area contributed by atoms with Crippen LogP contribution in [0.4, 0.5) is 32.2 Å². The SMILES string of the molecule is CCS(=O)(=O)NC(c1c(C#N)nn(-c2c(Cl)cc(C(F)(F)F)cc2Cl)c1N)C(F)(F)F. The largest absolute Gasteiger partial charge is 0.416 e. The van der Waals surface area contributed by atoms with Crippen molar-refractivity contribution < 1.29 is 34.8 Å². The van der Waals surface area contributed by atoms with Crippen LogP contribution in [0.5, 0.6) is 0 Å². The number of hydrogen-bond acceptors (Lipinski definition) is 5. The van der Waals surface area contributed by atoms with Crippen molar-refractivity contribution in [3.63, 3.8) is 0 Å². The molecule has 2 aromatic rings. The van der Waals surface area contributed by atoms with Crippen LogP contribution in [0.2, 0.25) is 10.0 Å². The maximum atomic E-state index is 13.6. The summed E-state index contributed by atoms with van der Waals surface area (Å²) in [7, 11) is -4.43. The first-order chi connectivity index (χ1) is 14.0. The van der Waals surface area contributed by atoms with Crippen LogP contribution < -0.4 is 10.5 Å². The number of rotatable bonds is 5. The quantitative estimate of drug-likeness (QED) is 0.586. The monoisotopic (exact) mass is 509 g/mol. The van der Waals surface area contributed by atoms with E-state index in [4.69, 9.17) is 28.9 Å². The van der Waals surface area contributed by atoms with Gasteiger partial charge in [0.15, 0.2) is 5.69 Å². The van der Waals surface area contributed by atoms with Crippen LogP contribution in [0, 0.1) is 11.3 Å². The van der Waals surface area contributed by atoms with Crippen molar-refractivity contribution in [1.82, 2.24) is 14.5 Å². The van der Waals surface area contributed by atoms with Gasteiger partial charge in [-0.15, -0.1) is 0 Å². The summed E-state index contributed by atoms with van der Waals surface area (Å²) in [5, 5.41) is 11.4. The fourth-order valence-electron chi connectivity index (χ4n) is 2.46. The molecule has 0 amide bonds. The van der Waals surface area contributed by atoms with E-state index >= 15 is 0 Å². The summed E-state index contributed by atoms with van der Waals surface area (Å²) in [6.45, 7) is 1.08. The van der Waals surface area contributed by atoms with E-state index in [9.17, 15) is 40.0 Å². The molecule has 0 aliphatic heterocycles.